The maximum absolute atomic E-state index is 10.9. The average molecular weight is 174 g/mol. The summed E-state index contributed by atoms with van der Waals surface area (Å²) in [5, 5.41) is 2.73. The maximum atomic E-state index is 10.9. The molecule has 0 rings (SSSR count). The van der Waals surface area contributed by atoms with Crippen LogP contribution >= 0.6 is 0 Å². The zero-order valence-corrected chi connectivity index (χ0v) is 8.02. The van der Waals surface area contributed by atoms with Crippen LogP contribution in [0.25, 0.3) is 0 Å². The minimum absolute atomic E-state index is 0.0383. The van der Waals surface area contributed by atoms with Gasteiger partial charge in [0.2, 0.25) is 5.91 Å². The lowest BCUT2D eigenvalue weighted by Crippen LogP contribution is -2.39. The Kier molecular flexibility index (Phi) is 4.85. The number of methoxy groups -OCH3 is 1. The Morgan fingerprint density at radius 3 is 2.58 bits per heavy atom. The van der Waals surface area contributed by atoms with E-state index in [1.165, 1.54) is 7.11 Å². The molecule has 0 atom stereocenters. The van der Waals surface area contributed by atoms with Gasteiger partial charge in [-0.05, 0) is 12.0 Å². The third-order valence-corrected chi connectivity index (χ3v) is 1.59. The van der Waals surface area contributed by atoms with E-state index in [2.05, 4.69) is 10.1 Å². The lowest BCUT2D eigenvalue weighted by atomic mass is 9.94. The van der Waals surface area contributed by atoms with E-state index in [0.29, 0.717) is 13.1 Å². The molecule has 0 heterocycles. The van der Waals surface area contributed by atoms with E-state index in [-0.39, 0.29) is 17.9 Å². The first-order valence-electron chi connectivity index (χ1n) is 3.97. The Morgan fingerprint density at radius 1 is 1.58 bits per heavy atom. The van der Waals surface area contributed by atoms with Gasteiger partial charge < -0.3 is 15.8 Å². The number of hydrogen-bond donors (Lipinski definition) is 2. The molecule has 72 valence electrons. The number of nitrogens with two attached hydrogens (primary N) is 1. The number of rotatable bonds is 5. The van der Waals surface area contributed by atoms with Crippen LogP contribution in [0.5, 0.6) is 0 Å². The van der Waals surface area contributed by atoms with Crippen molar-refractivity contribution in [2.45, 2.75) is 13.8 Å². The highest BCUT2D eigenvalue weighted by Gasteiger charge is 2.15. The standard InChI is InChI=1S/C8H18N2O2/c1-8(2,5-9)6-10-7(11)4-12-3/h4-6,9H2,1-3H3,(H,10,11). The number of carbonyl (C=O) groups is 1. The van der Waals surface area contributed by atoms with E-state index >= 15 is 0 Å². The molecule has 0 radical (unpaired) electrons. The second-order valence-electron chi connectivity index (χ2n) is 3.58. The molecule has 1 amide bonds. The molecule has 0 bridgehead atoms. The smallest absolute Gasteiger partial charge is 0.246 e. The van der Waals surface area contributed by atoms with Gasteiger partial charge in [0.25, 0.3) is 0 Å². The Morgan fingerprint density at radius 2 is 2.17 bits per heavy atom. The first-order chi connectivity index (χ1) is 5.52. The fourth-order valence-electron chi connectivity index (χ4n) is 0.592. The molecule has 4 nitrogen and oxygen atoms in total. The lowest BCUT2D eigenvalue weighted by molar-refractivity contribution is -0.125. The SMILES string of the molecule is COCC(=O)NCC(C)(C)CN. The topological polar surface area (TPSA) is 64.3 Å². The summed E-state index contributed by atoms with van der Waals surface area (Å²) in [6, 6.07) is 0. The van der Waals surface area contributed by atoms with Crippen molar-refractivity contribution < 1.29 is 9.53 Å². The molecular weight excluding hydrogens is 156 g/mol. The molecule has 0 aliphatic rings. The number of ether oxygens (including phenoxy) is 1. The number of nitrogens with one attached hydrogen (secondary N) is 1. The predicted molar refractivity (Wildman–Crippen MR) is 47.7 cm³/mol. The fourth-order valence-corrected chi connectivity index (χ4v) is 0.592. The van der Waals surface area contributed by atoms with Crippen LogP contribution in [0.4, 0.5) is 0 Å². The molecular formula is C8H18N2O2. The summed E-state index contributed by atoms with van der Waals surface area (Å²) >= 11 is 0. The van der Waals surface area contributed by atoms with Crippen molar-refractivity contribution in [1.29, 1.82) is 0 Å². The summed E-state index contributed by atoms with van der Waals surface area (Å²) in [7, 11) is 1.49. The summed E-state index contributed by atoms with van der Waals surface area (Å²) < 4.78 is 4.66. The van der Waals surface area contributed by atoms with Crippen molar-refractivity contribution in [1.82, 2.24) is 5.32 Å². The van der Waals surface area contributed by atoms with Gasteiger partial charge in [0, 0.05) is 13.7 Å². The van der Waals surface area contributed by atoms with Crippen LogP contribution < -0.4 is 11.1 Å². The van der Waals surface area contributed by atoms with Gasteiger partial charge in [0.15, 0.2) is 0 Å². The van der Waals surface area contributed by atoms with Gasteiger partial charge in [-0.15, -0.1) is 0 Å². The van der Waals surface area contributed by atoms with Crippen molar-refractivity contribution in [2.24, 2.45) is 11.1 Å². The van der Waals surface area contributed by atoms with Crippen molar-refractivity contribution in [3.05, 3.63) is 0 Å². The van der Waals surface area contributed by atoms with Crippen LogP contribution in [0.2, 0.25) is 0 Å². The van der Waals surface area contributed by atoms with Crippen molar-refractivity contribution >= 4 is 5.91 Å². The minimum Gasteiger partial charge on any atom is -0.375 e. The molecule has 12 heavy (non-hydrogen) atoms. The Balaban J connectivity index is 3.60. The van der Waals surface area contributed by atoms with Crippen LogP contribution in [0.15, 0.2) is 0 Å². The Hall–Kier alpha value is -0.610. The van der Waals surface area contributed by atoms with Crippen molar-refractivity contribution in [3.8, 4) is 0 Å². The summed E-state index contributed by atoms with van der Waals surface area (Å²) in [6.45, 7) is 5.26. The lowest BCUT2D eigenvalue weighted by Gasteiger charge is -2.22. The van der Waals surface area contributed by atoms with Gasteiger partial charge in [0.1, 0.15) is 6.61 Å². The number of carbonyl (C=O) groups excluding carboxylic acids is 1. The predicted octanol–water partition coefficient (Wildman–Crippen LogP) is -0.266. The molecule has 0 spiro atoms. The second kappa shape index (κ2) is 5.11. The molecule has 0 fully saturated rings. The van der Waals surface area contributed by atoms with Crippen LogP contribution in [0, 0.1) is 5.41 Å². The van der Waals surface area contributed by atoms with E-state index in [0.717, 1.165) is 0 Å². The zero-order valence-electron chi connectivity index (χ0n) is 8.02. The van der Waals surface area contributed by atoms with Crippen LogP contribution in [-0.4, -0.2) is 32.7 Å². The average Bonchev–Trinajstić information content (AvgIpc) is 2.02. The van der Waals surface area contributed by atoms with E-state index in [4.69, 9.17) is 5.73 Å². The Labute approximate surface area is 73.5 Å². The maximum Gasteiger partial charge on any atom is 0.246 e. The third kappa shape index (κ3) is 5.09. The van der Waals surface area contributed by atoms with Crippen LogP contribution in [0.3, 0.4) is 0 Å². The highest BCUT2D eigenvalue weighted by atomic mass is 16.5. The largest absolute Gasteiger partial charge is 0.375 e. The van der Waals surface area contributed by atoms with E-state index in [1.54, 1.807) is 0 Å². The van der Waals surface area contributed by atoms with Gasteiger partial charge in [-0.3, -0.25) is 4.79 Å². The van der Waals surface area contributed by atoms with E-state index in [1.807, 2.05) is 13.8 Å². The first-order valence-corrected chi connectivity index (χ1v) is 3.97. The van der Waals surface area contributed by atoms with Crippen molar-refractivity contribution in [2.75, 3.05) is 26.8 Å². The monoisotopic (exact) mass is 174 g/mol. The summed E-state index contributed by atoms with van der Waals surface area (Å²) in [5.74, 6) is -0.0981. The van der Waals surface area contributed by atoms with Gasteiger partial charge in [-0.1, -0.05) is 13.8 Å². The highest BCUT2D eigenvalue weighted by Crippen LogP contribution is 2.09. The van der Waals surface area contributed by atoms with Crippen molar-refractivity contribution in [3.63, 3.8) is 0 Å². The molecule has 0 aromatic carbocycles. The fraction of sp³-hybridized carbons (Fsp3) is 0.875. The van der Waals surface area contributed by atoms with Gasteiger partial charge in [-0.25, -0.2) is 0 Å². The summed E-state index contributed by atoms with van der Waals surface area (Å²) in [5.41, 5.74) is 5.45. The van der Waals surface area contributed by atoms with E-state index in [9.17, 15) is 4.79 Å². The summed E-state index contributed by atoms with van der Waals surface area (Å²) in [4.78, 5) is 10.9. The molecule has 4 heteroatoms. The van der Waals surface area contributed by atoms with E-state index < -0.39 is 0 Å². The van der Waals surface area contributed by atoms with Gasteiger partial charge >= 0.3 is 0 Å². The molecule has 0 unspecified atom stereocenters. The van der Waals surface area contributed by atoms with Crippen LogP contribution in [-0.2, 0) is 9.53 Å². The third-order valence-electron chi connectivity index (χ3n) is 1.59. The Bertz CT molecular complexity index is 146. The molecule has 0 aromatic rings. The summed E-state index contributed by atoms with van der Waals surface area (Å²) in [6.07, 6.45) is 0. The molecule has 0 aliphatic carbocycles. The molecule has 0 saturated carbocycles. The minimum atomic E-state index is -0.0981. The highest BCUT2D eigenvalue weighted by molar-refractivity contribution is 5.77. The second-order valence-corrected chi connectivity index (χ2v) is 3.58. The first kappa shape index (κ1) is 11.4. The normalized spacial score (nSPS) is 11.3. The zero-order chi connectivity index (χ0) is 9.61. The number of amides is 1. The molecule has 0 saturated heterocycles. The molecule has 3 N–H and O–H groups in total. The quantitative estimate of drug-likeness (QED) is 0.603. The van der Waals surface area contributed by atoms with Gasteiger partial charge in [-0.2, -0.15) is 0 Å². The molecule has 0 aromatic heterocycles. The molecule has 0 aliphatic heterocycles. The van der Waals surface area contributed by atoms with Gasteiger partial charge in [0.05, 0.1) is 0 Å². The number of hydrogen-bond acceptors (Lipinski definition) is 3. The van der Waals surface area contributed by atoms with Crippen LogP contribution in [0.1, 0.15) is 13.8 Å².